The van der Waals surface area contributed by atoms with Crippen molar-refractivity contribution in [3.63, 3.8) is 0 Å². The number of ether oxygens (including phenoxy) is 1. The molecule has 10 nitrogen and oxygen atoms in total. The fourth-order valence-electron chi connectivity index (χ4n) is 5.14. The Morgan fingerprint density at radius 2 is 1.61 bits per heavy atom. The lowest BCUT2D eigenvalue weighted by Crippen LogP contribution is -2.55. The van der Waals surface area contributed by atoms with Crippen molar-refractivity contribution in [1.82, 2.24) is 15.5 Å². The largest absolute Gasteiger partial charge is 0.508 e. The van der Waals surface area contributed by atoms with Crippen molar-refractivity contribution >= 4 is 23.8 Å². The SMILES string of the molecule is CCCCCCCCN(C(=O)C(CC(N)=O)NC(=O)OC(C)(C)C)C(C(=O)NC1CCCCC1)c1ccc(O)cc1. The van der Waals surface area contributed by atoms with Crippen molar-refractivity contribution in [2.45, 2.75) is 128 Å². The highest BCUT2D eigenvalue weighted by Crippen LogP contribution is 2.27. The molecule has 0 aliphatic heterocycles. The summed E-state index contributed by atoms with van der Waals surface area (Å²) < 4.78 is 5.34. The number of primary amides is 1. The molecule has 1 aromatic carbocycles. The quantitative estimate of drug-likeness (QED) is 0.220. The molecule has 0 radical (unpaired) electrons. The summed E-state index contributed by atoms with van der Waals surface area (Å²) >= 11 is 0. The number of carbonyl (C=O) groups excluding carboxylic acids is 4. The number of carbonyl (C=O) groups is 4. The van der Waals surface area contributed by atoms with Gasteiger partial charge in [0.2, 0.25) is 17.7 Å². The van der Waals surface area contributed by atoms with Crippen molar-refractivity contribution in [3.05, 3.63) is 29.8 Å². The minimum absolute atomic E-state index is 0.00293. The standard InChI is InChI=1S/C31H50N4O6/c1-5-6-7-8-9-13-20-35(29(39)25(21-26(32)37)34-30(40)41-31(2,3)4)27(22-16-18-24(36)19-17-22)28(38)33-23-14-11-10-12-15-23/h16-19,23,25,27,36H,5-15,20-21H2,1-4H3,(H2,32,37)(H,33,38)(H,34,40). The first kappa shape index (κ1) is 33.9. The highest BCUT2D eigenvalue weighted by molar-refractivity contribution is 5.94. The Balaban J connectivity index is 2.43. The molecule has 2 unspecified atom stereocenters. The van der Waals surface area contributed by atoms with Gasteiger partial charge in [0, 0.05) is 12.6 Å². The minimum atomic E-state index is -1.32. The minimum Gasteiger partial charge on any atom is -0.508 e. The Hall–Kier alpha value is -3.30. The first-order valence-electron chi connectivity index (χ1n) is 15.1. The molecule has 1 fully saturated rings. The molecule has 2 rings (SSSR count). The third-order valence-corrected chi connectivity index (χ3v) is 7.15. The van der Waals surface area contributed by atoms with Crippen LogP contribution >= 0.6 is 0 Å². The zero-order chi connectivity index (χ0) is 30.4. The van der Waals surface area contributed by atoms with Gasteiger partial charge in [-0.15, -0.1) is 0 Å². The fourth-order valence-corrected chi connectivity index (χ4v) is 5.14. The van der Waals surface area contributed by atoms with Gasteiger partial charge in [-0.05, 0) is 57.7 Å². The van der Waals surface area contributed by atoms with Crippen LogP contribution in [0.5, 0.6) is 5.75 Å². The van der Waals surface area contributed by atoms with Gasteiger partial charge in [0.05, 0.1) is 6.42 Å². The number of nitrogens with one attached hydrogen (secondary N) is 2. The maximum atomic E-state index is 14.1. The summed E-state index contributed by atoms with van der Waals surface area (Å²) in [7, 11) is 0. The Morgan fingerprint density at radius 1 is 1.00 bits per heavy atom. The number of phenols is 1. The first-order valence-corrected chi connectivity index (χ1v) is 15.1. The summed E-state index contributed by atoms with van der Waals surface area (Å²) in [5.41, 5.74) is 5.18. The second kappa shape index (κ2) is 16.8. The first-order chi connectivity index (χ1) is 19.4. The van der Waals surface area contributed by atoms with E-state index in [0.29, 0.717) is 12.0 Å². The molecule has 5 N–H and O–H groups in total. The molecule has 1 saturated carbocycles. The van der Waals surface area contributed by atoms with Crippen LogP contribution in [0.25, 0.3) is 0 Å². The molecule has 41 heavy (non-hydrogen) atoms. The molecule has 4 amide bonds. The lowest BCUT2D eigenvalue weighted by molar-refractivity contribution is -0.143. The third kappa shape index (κ3) is 12.4. The maximum Gasteiger partial charge on any atom is 0.408 e. The van der Waals surface area contributed by atoms with Gasteiger partial charge in [0.25, 0.3) is 0 Å². The zero-order valence-electron chi connectivity index (χ0n) is 25.2. The predicted molar refractivity (Wildman–Crippen MR) is 158 cm³/mol. The van der Waals surface area contributed by atoms with Crippen LogP contribution < -0.4 is 16.4 Å². The van der Waals surface area contributed by atoms with E-state index in [4.69, 9.17) is 10.5 Å². The number of alkyl carbamates (subject to hydrolysis) is 1. The number of amides is 4. The second-order valence-corrected chi connectivity index (χ2v) is 12.0. The van der Waals surface area contributed by atoms with Gasteiger partial charge >= 0.3 is 6.09 Å². The smallest absolute Gasteiger partial charge is 0.408 e. The summed E-state index contributed by atoms with van der Waals surface area (Å²) in [5.74, 6) is -1.67. The summed E-state index contributed by atoms with van der Waals surface area (Å²) in [6.07, 6.45) is 9.41. The highest BCUT2D eigenvalue weighted by atomic mass is 16.6. The number of hydrogen-bond donors (Lipinski definition) is 4. The number of phenolic OH excluding ortho intramolecular Hbond substituents is 1. The topological polar surface area (TPSA) is 151 Å². The molecule has 0 heterocycles. The van der Waals surface area contributed by atoms with Crippen molar-refractivity contribution in [3.8, 4) is 5.75 Å². The fraction of sp³-hybridized carbons (Fsp3) is 0.677. The molecule has 1 aliphatic carbocycles. The summed E-state index contributed by atoms with van der Waals surface area (Å²) in [6.45, 7) is 7.46. The Labute approximate surface area is 244 Å². The molecule has 0 spiro atoms. The van der Waals surface area contributed by atoms with Crippen LogP contribution in [0.1, 0.15) is 116 Å². The van der Waals surface area contributed by atoms with Crippen molar-refractivity contribution < 1.29 is 29.0 Å². The molecule has 0 bridgehead atoms. The molecular formula is C31H50N4O6. The molecule has 230 valence electrons. The van der Waals surface area contributed by atoms with E-state index in [2.05, 4.69) is 17.6 Å². The number of aromatic hydroxyl groups is 1. The van der Waals surface area contributed by atoms with E-state index in [9.17, 15) is 24.3 Å². The Bertz CT molecular complexity index is 985. The van der Waals surface area contributed by atoms with Gasteiger partial charge in [0.15, 0.2) is 0 Å². The van der Waals surface area contributed by atoms with Crippen LogP contribution in [0.3, 0.4) is 0 Å². The summed E-state index contributed by atoms with van der Waals surface area (Å²) in [6, 6.07) is 3.84. The zero-order valence-corrected chi connectivity index (χ0v) is 25.2. The Morgan fingerprint density at radius 3 is 2.20 bits per heavy atom. The van der Waals surface area contributed by atoms with Gasteiger partial charge in [-0.25, -0.2) is 4.79 Å². The molecule has 1 aliphatic rings. The molecule has 0 aromatic heterocycles. The Kier molecular flexibility index (Phi) is 13.9. The van der Waals surface area contributed by atoms with E-state index in [1.54, 1.807) is 32.9 Å². The average molecular weight is 575 g/mol. The van der Waals surface area contributed by atoms with Crippen LogP contribution in [0.4, 0.5) is 4.79 Å². The third-order valence-electron chi connectivity index (χ3n) is 7.15. The van der Waals surface area contributed by atoms with E-state index in [0.717, 1.165) is 64.2 Å². The summed E-state index contributed by atoms with van der Waals surface area (Å²) in [4.78, 5) is 54.1. The molecule has 1 aromatic rings. The van der Waals surface area contributed by atoms with Crippen LogP contribution in [0.15, 0.2) is 24.3 Å². The van der Waals surface area contributed by atoms with Gasteiger partial charge in [-0.1, -0.05) is 70.4 Å². The van der Waals surface area contributed by atoms with Crippen molar-refractivity contribution in [2.24, 2.45) is 5.73 Å². The van der Waals surface area contributed by atoms with Crippen molar-refractivity contribution in [1.29, 1.82) is 0 Å². The summed E-state index contributed by atoms with van der Waals surface area (Å²) in [5, 5.41) is 15.6. The lowest BCUT2D eigenvalue weighted by atomic mass is 9.94. The van der Waals surface area contributed by atoms with Gasteiger partial charge in [-0.2, -0.15) is 0 Å². The van der Waals surface area contributed by atoms with Crippen LogP contribution in [0, 0.1) is 0 Å². The van der Waals surface area contributed by atoms with Gasteiger partial charge < -0.3 is 31.1 Å². The maximum absolute atomic E-state index is 14.1. The van der Waals surface area contributed by atoms with E-state index in [-0.39, 0.29) is 24.2 Å². The predicted octanol–water partition coefficient (Wildman–Crippen LogP) is 4.84. The number of rotatable bonds is 15. The van der Waals surface area contributed by atoms with Crippen LogP contribution in [0.2, 0.25) is 0 Å². The van der Waals surface area contributed by atoms with Crippen LogP contribution in [-0.2, 0) is 19.1 Å². The number of nitrogens with zero attached hydrogens (tertiary/aromatic N) is 1. The normalized spacial score (nSPS) is 15.4. The van der Waals surface area contributed by atoms with E-state index in [1.165, 1.54) is 17.0 Å². The van der Waals surface area contributed by atoms with Crippen LogP contribution in [-0.4, -0.2) is 58.1 Å². The average Bonchev–Trinajstić information content (AvgIpc) is 2.89. The van der Waals surface area contributed by atoms with Gasteiger partial charge in [0.1, 0.15) is 23.4 Å². The van der Waals surface area contributed by atoms with E-state index < -0.39 is 42.0 Å². The monoisotopic (exact) mass is 574 g/mol. The number of benzene rings is 1. The van der Waals surface area contributed by atoms with E-state index in [1.807, 2.05) is 0 Å². The van der Waals surface area contributed by atoms with Gasteiger partial charge in [-0.3, -0.25) is 14.4 Å². The number of hydrogen-bond acceptors (Lipinski definition) is 6. The molecule has 10 heteroatoms. The highest BCUT2D eigenvalue weighted by Gasteiger charge is 2.37. The molecular weight excluding hydrogens is 524 g/mol. The molecule has 0 saturated heterocycles. The molecule has 2 atom stereocenters. The van der Waals surface area contributed by atoms with E-state index >= 15 is 0 Å². The number of nitrogens with two attached hydrogens (primary N) is 1. The number of unbranched alkanes of at least 4 members (excludes halogenated alkanes) is 5. The lowest BCUT2D eigenvalue weighted by Gasteiger charge is -2.35. The van der Waals surface area contributed by atoms with Crippen molar-refractivity contribution in [2.75, 3.05) is 6.54 Å². The second-order valence-electron chi connectivity index (χ2n) is 12.0.